The molecule has 1 aliphatic carbocycles. The molecule has 1 amide bonds. The van der Waals surface area contributed by atoms with Crippen LogP contribution in [0.15, 0.2) is 35.8 Å². The Hall–Kier alpha value is -3.14. The number of aromatic nitrogens is 2. The number of carbonyl (C=O) groups excluding carboxylic acids is 1. The molecule has 0 N–H and O–H groups in total. The predicted molar refractivity (Wildman–Crippen MR) is 150 cm³/mol. The van der Waals surface area contributed by atoms with Crippen molar-refractivity contribution >= 4 is 23.4 Å². The highest BCUT2D eigenvalue weighted by Gasteiger charge is 2.41. The Morgan fingerprint density at radius 2 is 1.88 bits per heavy atom. The normalized spacial score (nSPS) is 20.2. The summed E-state index contributed by atoms with van der Waals surface area (Å²) in [4.78, 5) is 22.1. The van der Waals surface area contributed by atoms with Gasteiger partial charge in [-0.3, -0.25) is 4.90 Å². The van der Waals surface area contributed by atoms with Crippen LogP contribution in [0.3, 0.4) is 0 Å². The number of ether oxygens (including phenoxy) is 1. The van der Waals surface area contributed by atoms with E-state index in [0.29, 0.717) is 17.2 Å². The number of pyridine rings is 1. The zero-order chi connectivity index (χ0) is 28.6. The average molecular weight is 573 g/mol. The lowest BCUT2D eigenvalue weighted by Gasteiger charge is -2.36. The van der Waals surface area contributed by atoms with E-state index in [0.717, 1.165) is 59.7 Å². The Bertz CT molecular complexity index is 1370. The molecule has 5 rings (SSSR count). The number of hydrogen-bond acceptors (Lipinski definition) is 6. The number of cyclic esters (lactones) is 1. The van der Waals surface area contributed by atoms with Gasteiger partial charge in [-0.2, -0.15) is 17.5 Å². The third-order valence-corrected chi connectivity index (χ3v) is 8.84. The summed E-state index contributed by atoms with van der Waals surface area (Å²) in [5, 5.41) is 1.99. The maximum absolute atomic E-state index is 13.5. The van der Waals surface area contributed by atoms with E-state index in [4.69, 9.17) is 9.72 Å². The van der Waals surface area contributed by atoms with Crippen LogP contribution in [0.5, 0.6) is 0 Å². The van der Waals surface area contributed by atoms with Crippen molar-refractivity contribution in [2.75, 3.05) is 11.4 Å². The Balaban J connectivity index is 1.50. The minimum atomic E-state index is -4.48. The summed E-state index contributed by atoms with van der Waals surface area (Å²) in [6.07, 6.45) is 1.85. The molecule has 1 saturated carbocycles. The summed E-state index contributed by atoms with van der Waals surface area (Å²) in [6, 6.07) is 5.84. The van der Waals surface area contributed by atoms with E-state index in [1.807, 2.05) is 25.4 Å². The molecule has 0 bridgehead atoms. The first-order chi connectivity index (χ1) is 19.1. The molecule has 2 fully saturated rings. The molecule has 1 aromatic carbocycles. The summed E-state index contributed by atoms with van der Waals surface area (Å²) in [6.45, 7) is 8.56. The van der Waals surface area contributed by atoms with E-state index >= 15 is 0 Å². The van der Waals surface area contributed by atoms with E-state index < -0.39 is 30.0 Å². The number of benzene rings is 1. The maximum Gasteiger partial charge on any atom is 0.416 e. The van der Waals surface area contributed by atoms with Crippen LogP contribution in [0, 0.1) is 13.8 Å². The summed E-state index contributed by atoms with van der Waals surface area (Å²) in [5.41, 5.74) is 3.81. The third kappa shape index (κ3) is 5.68. The molecule has 0 unspecified atom stereocenters. The number of hydrogen-bond donors (Lipinski definition) is 0. The van der Waals surface area contributed by atoms with Gasteiger partial charge in [0.1, 0.15) is 11.9 Å². The standard InChI is InChI=1S/C30H35F3N4O2S/c1-5-36(25-9-7-6-8-10-25)28-23(13-22(15-34-28)26-17-40-35-19(26)3)16-37-20(4)27(39-29(37)38)21-11-18(2)12-24(14-21)30(31,32)33/h11-15,17,20,25,27H,5-10,16H2,1-4H3/t20-,27-/m0/s1. The van der Waals surface area contributed by atoms with Crippen LogP contribution in [0.4, 0.5) is 23.8 Å². The van der Waals surface area contributed by atoms with Crippen molar-refractivity contribution in [3.8, 4) is 11.1 Å². The van der Waals surface area contributed by atoms with E-state index in [9.17, 15) is 18.0 Å². The molecule has 214 valence electrons. The van der Waals surface area contributed by atoms with Gasteiger partial charge in [-0.05, 0) is 75.8 Å². The van der Waals surface area contributed by atoms with Crippen molar-refractivity contribution < 1.29 is 22.7 Å². The Kier molecular flexibility index (Phi) is 8.08. The summed E-state index contributed by atoms with van der Waals surface area (Å²) < 4.78 is 50.7. The van der Waals surface area contributed by atoms with Crippen molar-refractivity contribution in [2.24, 2.45) is 0 Å². The number of anilines is 1. The molecule has 2 aliphatic rings. The lowest BCUT2D eigenvalue weighted by molar-refractivity contribution is -0.137. The third-order valence-electron chi connectivity index (χ3n) is 8.12. The number of halogens is 3. The number of alkyl halides is 3. The summed E-state index contributed by atoms with van der Waals surface area (Å²) in [5.74, 6) is 0.845. The highest BCUT2D eigenvalue weighted by Crippen LogP contribution is 2.39. The van der Waals surface area contributed by atoms with Gasteiger partial charge in [0, 0.05) is 40.9 Å². The number of rotatable bonds is 7. The second-order valence-electron chi connectivity index (χ2n) is 10.9. The number of aryl methyl sites for hydroxylation is 2. The zero-order valence-electron chi connectivity index (χ0n) is 23.3. The van der Waals surface area contributed by atoms with Gasteiger partial charge in [-0.1, -0.05) is 30.9 Å². The lowest BCUT2D eigenvalue weighted by Crippen LogP contribution is -2.39. The first-order valence-corrected chi connectivity index (χ1v) is 14.7. The minimum absolute atomic E-state index is 0.241. The Morgan fingerprint density at radius 3 is 2.52 bits per heavy atom. The van der Waals surface area contributed by atoms with E-state index in [1.165, 1.54) is 30.8 Å². The molecule has 0 radical (unpaired) electrons. The first kappa shape index (κ1) is 28.4. The summed E-state index contributed by atoms with van der Waals surface area (Å²) in [7, 11) is 0. The van der Waals surface area contributed by atoms with E-state index in [2.05, 4.69) is 22.3 Å². The lowest BCUT2D eigenvalue weighted by atomic mass is 9.93. The highest BCUT2D eigenvalue weighted by molar-refractivity contribution is 7.04. The van der Waals surface area contributed by atoms with Gasteiger partial charge in [-0.15, -0.1) is 0 Å². The Morgan fingerprint density at radius 1 is 1.12 bits per heavy atom. The van der Waals surface area contributed by atoms with Crippen molar-refractivity contribution in [1.82, 2.24) is 14.3 Å². The van der Waals surface area contributed by atoms with Crippen molar-refractivity contribution in [3.63, 3.8) is 0 Å². The number of amides is 1. The number of nitrogens with zero attached hydrogens (tertiary/aromatic N) is 4. The molecular formula is C30H35F3N4O2S. The molecule has 3 aromatic rings. The van der Waals surface area contributed by atoms with Gasteiger partial charge in [0.15, 0.2) is 0 Å². The second-order valence-corrected chi connectivity index (χ2v) is 11.5. The highest BCUT2D eigenvalue weighted by atomic mass is 32.1. The molecule has 1 saturated heterocycles. The van der Waals surface area contributed by atoms with Crippen LogP contribution in [0.25, 0.3) is 11.1 Å². The van der Waals surface area contributed by atoms with Crippen LogP contribution in [-0.4, -0.2) is 39.0 Å². The fourth-order valence-electron chi connectivity index (χ4n) is 6.05. The van der Waals surface area contributed by atoms with Crippen molar-refractivity contribution in [1.29, 1.82) is 0 Å². The fourth-order valence-corrected chi connectivity index (χ4v) is 6.77. The quantitative estimate of drug-likeness (QED) is 0.286. The maximum atomic E-state index is 13.5. The molecule has 1 aliphatic heterocycles. The predicted octanol–water partition coefficient (Wildman–Crippen LogP) is 8.08. The van der Waals surface area contributed by atoms with Gasteiger partial charge in [0.05, 0.1) is 23.8 Å². The van der Waals surface area contributed by atoms with Crippen LogP contribution in [0.1, 0.15) is 80.0 Å². The topological polar surface area (TPSA) is 58.6 Å². The monoisotopic (exact) mass is 572 g/mol. The molecule has 10 heteroatoms. The van der Waals surface area contributed by atoms with Gasteiger partial charge in [0.25, 0.3) is 0 Å². The number of carbonyl (C=O) groups is 1. The first-order valence-electron chi connectivity index (χ1n) is 13.9. The van der Waals surface area contributed by atoms with Crippen LogP contribution >= 0.6 is 11.5 Å². The smallest absolute Gasteiger partial charge is 0.416 e. The molecule has 3 heterocycles. The molecule has 0 spiro atoms. The molecule has 2 aromatic heterocycles. The van der Waals surface area contributed by atoms with E-state index in [-0.39, 0.29) is 6.54 Å². The van der Waals surface area contributed by atoms with Gasteiger partial charge < -0.3 is 9.64 Å². The van der Waals surface area contributed by atoms with Gasteiger partial charge in [-0.25, -0.2) is 9.78 Å². The van der Waals surface area contributed by atoms with Gasteiger partial charge >= 0.3 is 12.3 Å². The molecule has 40 heavy (non-hydrogen) atoms. The summed E-state index contributed by atoms with van der Waals surface area (Å²) >= 11 is 1.39. The molecule has 6 nitrogen and oxygen atoms in total. The Labute approximate surface area is 237 Å². The van der Waals surface area contributed by atoms with Crippen LogP contribution in [0.2, 0.25) is 0 Å². The van der Waals surface area contributed by atoms with Crippen LogP contribution in [-0.2, 0) is 17.5 Å². The SMILES string of the molecule is CCN(c1ncc(-c2csnc2C)cc1CN1C(=O)O[C@H](c2cc(C)cc(C(F)(F)F)c2)[C@@H]1C)C1CCCCC1. The average Bonchev–Trinajstić information content (AvgIpc) is 3.47. The fraction of sp³-hybridized carbons (Fsp3) is 0.500. The van der Waals surface area contributed by atoms with Crippen LogP contribution < -0.4 is 4.90 Å². The van der Waals surface area contributed by atoms with Crippen molar-refractivity contribution in [2.45, 2.75) is 90.7 Å². The van der Waals surface area contributed by atoms with E-state index in [1.54, 1.807) is 17.9 Å². The minimum Gasteiger partial charge on any atom is -0.439 e. The second kappa shape index (κ2) is 11.4. The largest absolute Gasteiger partial charge is 0.439 e. The molecular weight excluding hydrogens is 537 g/mol. The van der Waals surface area contributed by atoms with Gasteiger partial charge in [0.2, 0.25) is 0 Å². The molecule has 2 atom stereocenters. The van der Waals surface area contributed by atoms with Crippen molar-refractivity contribution in [3.05, 3.63) is 63.8 Å². The zero-order valence-corrected chi connectivity index (χ0v) is 24.1.